The van der Waals surface area contributed by atoms with E-state index in [-0.39, 0.29) is 0 Å². The van der Waals surface area contributed by atoms with Crippen LogP contribution in [0.4, 0.5) is 0 Å². The molecule has 1 atom stereocenters. The molecule has 0 aliphatic rings. The monoisotopic (exact) mass is 295 g/mol. The summed E-state index contributed by atoms with van der Waals surface area (Å²) in [4.78, 5) is 11.2. The average molecular weight is 295 g/mol. The predicted octanol–water partition coefficient (Wildman–Crippen LogP) is 3.56. The van der Waals surface area contributed by atoms with Crippen LogP contribution in [0.2, 0.25) is 0 Å². The van der Waals surface area contributed by atoms with Gasteiger partial charge in [0.2, 0.25) is 0 Å². The second kappa shape index (κ2) is 8.85. The van der Waals surface area contributed by atoms with Crippen molar-refractivity contribution in [1.82, 2.24) is 4.57 Å². The molecule has 1 heterocycles. The number of rotatable bonds is 10. The molecule has 0 amide bonds. The maximum Gasteiger partial charge on any atom is 0.349 e. The van der Waals surface area contributed by atoms with Crippen molar-refractivity contribution in [2.75, 3.05) is 0 Å². The topological polar surface area (TPSA) is 46.1 Å². The van der Waals surface area contributed by atoms with E-state index in [1.54, 1.807) is 6.92 Å². The molecule has 0 saturated carbocycles. The highest BCUT2D eigenvalue weighted by Gasteiger charge is 2.26. The zero-order chi connectivity index (χ0) is 15.8. The van der Waals surface area contributed by atoms with Gasteiger partial charge in [-0.15, -0.1) is 0 Å². The van der Waals surface area contributed by atoms with Crippen LogP contribution in [0.1, 0.15) is 76.4 Å². The van der Waals surface area contributed by atoms with Crippen LogP contribution in [-0.4, -0.2) is 15.6 Å². The van der Waals surface area contributed by atoms with Crippen molar-refractivity contribution in [2.24, 2.45) is 7.05 Å². The van der Waals surface area contributed by atoms with Crippen molar-refractivity contribution in [1.29, 1.82) is 0 Å². The molecule has 0 radical (unpaired) electrons. The van der Waals surface area contributed by atoms with E-state index < -0.39 is 12.0 Å². The summed E-state index contributed by atoms with van der Waals surface area (Å²) in [6, 6.07) is -0.496. The minimum absolute atomic E-state index is 0.496. The van der Waals surface area contributed by atoms with Gasteiger partial charge in [-0.2, -0.15) is 0 Å². The molecule has 0 bridgehead atoms. The molecular formula is C17H31N2O2+. The number of imidazole rings is 1. The second-order valence-corrected chi connectivity index (χ2v) is 6.04. The Morgan fingerprint density at radius 1 is 1.24 bits per heavy atom. The SMILES string of the molecule is CCCCCCCCCc1n(C)c(C)c[n+]1C(C)C(=O)O. The van der Waals surface area contributed by atoms with Crippen molar-refractivity contribution in [3.63, 3.8) is 0 Å². The maximum atomic E-state index is 11.2. The van der Waals surface area contributed by atoms with Gasteiger partial charge in [-0.05, 0) is 13.3 Å². The molecule has 0 spiro atoms. The first-order valence-corrected chi connectivity index (χ1v) is 8.28. The summed E-state index contributed by atoms with van der Waals surface area (Å²) >= 11 is 0. The molecule has 1 aromatic heterocycles. The highest BCUT2D eigenvalue weighted by atomic mass is 16.4. The molecule has 1 unspecified atom stereocenters. The Morgan fingerprint density at radius 2 is 1.81 bits per heavy atom. The van der Waals surface area contributed by atoms with Crippen LogP contribution >= 0.6 is 0 Å². The average Bonchev–Trinajstić information content (AvgIpc) is 2.73. The summed E-state index contributed by atoms with van der Waals surface area (Å²) < 4.78 is 4.03. The van der Waals surface area contributed by atoms with Crippen LogP contribution in [0, 0.1) is 6.92 Å². The fourth-order valence-corrected chi connectivity index (χ4v) is 2.73. The van der Waals surface area contributed by atoms with E-state index in [1.165, 1.54) is 38.5 Å². The first-order valence-electron chi connectivity index (χ1n) is 8.28. The number of aliphatic carboxylic acids is 1. The van der Waals surface area contributed by atoms with Crippen LogP contribution in [0.15, 0.2) is 6.20 Å². The Kier molecular flexibility index (Phi) is 7.48. The lowest BCUT2D eigenvalue weighted by molar-refractivity contribution is -0.714. The minimum atomic E-state index is -0.772. The van der Waals surface area contributed by atoms with Gasteiger partial charge in [-0.25, -0.2) is 13.9 Å². The van der Waals surface area contributed by atoms with Gasteiger partial charge in [-0.1, -0.05) is 45.4 Å². The van der Waals surface area contributed by atoms with Crippen molar-refractivity contribution in [2.45, 2.75) is 78.2 Å². The Morgan fingerprint density at radius 3 is 2.38 bits per heavy atom. The van der Waals surface area contributed by atoms with E-state index in [9.17, 15) is 9.90 Å². The lowest BCUT2D eigenvalue weighted by atomic mass is 10.1. The molecule has 4 nitrogen and oxygen atoms in total. The van der Waals surface area contributed by atoms with Gasteiger partial charge in [-0.3, -0.25) is 0 Å². The molecule has 0 saturated heterocycles. The maximum absolute atomic E-state index is 11.2. The summed E-state index contributed by atoms with van der Waals surface area (Å²) in [6.07, 6.45) is 11.9. The molecule has 120 valence electrons. The Bertz CT molecular complexity index is 452. The Labute approximate surface area is 128 Å². The molecule has 0 aromatic carbocycles. The number of carboxylic acids is 1. The van der Waals surface area contributed by atoms with Crippen LogP contribution in [0.5, 0.6) is 0 Å². The number of aryl methyl sites for hydroxylation is 1. The van der Waals surface area contributed by atoms with E-state index >= 15 is 0 Å². The molecule has 4 heteroatoms. The number of aromatic nitrogens is 2. The van der Waals surface area contributed by atoms with E-state index in [4.69, 9.17) is 0 Å². The molecule has 1 N–H and O–H groups in total. The van der Waals surface area contributed by atoms with Gasteiger partial charge in [0.25, 0.3) is 5.82 Å². The third kappa shape index (κ3) is 5.18. The lowest BCUT2D eigenvalue weighted by Crippen LogP contribution is -2.44. The quantitative estimate of drug-likeness (QED) is 0.530. The van der Waals surface area contributed by atoms with Crippen molar-refractivity contribution in [3.05, 3.63) is 17.7 Å². The van der Waals surface area contributed by atoms with Gasteiger partial charge in [0.1, 0.15) is 11.9 Å². The van der Waals surface area contributed by atoms with Gasteiger partial charge < -0.3 is 5.11 Å². The van der Waals surface area contributed by atoms with E-state index in [2.05, 4.69) is 11.5 Å². The van der Waals surface area contributed by atoms with Gasteiger partial charge >= 0.3 is 5.97 Å². The summed E-state index contributed by atoms with van der Waals surface area (Å²) in [5, 5.41) is 9.22. The number of hydrogen-bond acceptors (Lipinski definition) is 1. The first-order chi connectivity index (χ1) is 9.99. The highest BCUT2D eigenvalue weighted by molar-refractivity contribution is 5.69. The molecule has 1 aromatic rings. The molecule has 0 aliphatic carbocycles. The normalized spacial score (nSPS) is 12.6. The smallest absolute Gasteiger partial charge is 0.349 e. The lowest BCUT2D eigenvalue weighted by Gasteiger charge is -2.07. The highest BCUT2D eigenvalue weighted by Crippen LogP contribution is 2.11. The Balaban J connectivity index is 2.52. The number of carboxylic acid groups (broad SMARTS) is 1. The van der Waals surface area contributed by atoms with E-state index in [0.717, 1.165) is 24.4 Å². The fraction of sp³-hybridized carbons (Fsp3) is 0.765. The van der Waals surface area contributed by atoms with Crippen LogP contribution in [0.3, 0.4) is 0 Å². The number of hydrogen-bond donors (Lipinski definition) is 1. The summed E-state index contributed by atoms with van der Waals surface area (Å²) in [5.41, 5.74) is 1.11. The fourth-order valence-electron chi connectivity index (χ4n) is 2.73. The van der Waals surface area contributed by atoms with Crippen LogP contribution in [0.25, 0.3) is 0 Å². The summed E-state index contributed by atoms with van der Waals surface area (Å²) in [5.74, 6) is 0.349. The molecule has 0 aliphatic heterocycles. The summed E-state index contributed by atoms with van der Waals surface area (Å²) in [7, 11) is 2.02. The molecular weight excluding hydrogens is 264 g/mol. The van der Waals surface area contributed by atoms with Crippen molar-refractivity contribution >= 4 is 5.97 Å². The van der Waals surface area contributed by atoms with Crippen molar-refractivity contribution < 1.29 is 14.5 Å². The zero-order valence-electron chi connectivity index (χ0n) is 14.1. The third-order valence-electron chi connectivity index (χ3n) is 4.32. The van der Waals surface area contributed by atoms with Crippen molar-refractivity contribution in [3.8, 4) is 0 Å². The van der Waals surface area contributed by atoms with Gasteiger partial charge in [0, 0.05) is 13.3 Å². The van der Waals surface area contributed by atoms with Gasteiger partial charge in [0.05, 0.1) is 7.05 Å². The summed E-state index contributed by atoms with van der Waals surface area (Å²) in [6.45, 7) is 6.01. The predicted molar refractivity (Wildman–Crippen MR) is 84.4 cm³/mol. The van der Waals surface area contributed by atoms with E-state index in [1.807, 2.05) is 24.7 Å². The number of carbonyl (C=O) groups is 1. The zero-order valence-corrected chi connectivity index (χ0v) is 14.1. The largest absolute Gasteiger partial charge is 0.478 e. The molecule has 1 rings (SSSR count). The third-order valence-corrected chi connectivity index (χ3v) is 4.32. The number of nitrogens with zero attached hydrogens (tertiary/aromatic N) is 2. The van der Waals surface area contributed by atoms with E-state index in [0.29, 0.717) is 0 Å². The van der Waals surface area contributed by atoms with Crippen LogP contribution < -0.4 is 4.57 Å². The minimum Gasteiger partial charge on any atom is -0.478 e. The first kappa shape index (κ1) is 17.7. The molecule has 21 heavy (non-hydrogen) atoms. The number of unbranched alkanes of at least 4 members (excludes halogenated alkanes) is 6. The van der Waals surface area contributed by atoms with Gasteiger partial charge in [0.15, 0.2) is 6.04 Å². The second-order valence-electron chi connectivity index (χ2n) is 6.04. The molecule has 0 fully saturated rings. The van der Waals surface area contributed by atoms with Crippen LogP contribution in [-0.2, 0) is 18.3 Å². The standard InChI is InChI=1S/C17H30N2O2/c1-5-6-7-8-9-10-11-12-16-18(4)14(2)13-19(16)15(3)17(20)21/h13,15H,5-12H2,1-4H3/p+1. The Hall–Kier alpha value is -1.32.